The van der Waals surface area contributed by atoms with Gasteiger partial charge < -0.3 is 11.1 Å². The normalized spacial score (nSPS) is 15.6. The second kappa shape index (κ2) is 6.02. The molecule has 17 heavy (non-hydrogen) atoms. The Labute approximate surface area is 99.0 Å². The predicted octanol–water partition coefficient (Wildman–Crippen LogP) is 2.62. The Balaban J connectivity index is 2.36. The molecule has 2 atom stereocenters. The van der Waals surface area contributed by atoms with E-state index in [4.69, 9.17) is 5.73 Å². The summed E-state index contributed by atoms with van der Waals surface area (Å²) >= 11 is 0. The van der Waals surface area contributed by atoms with Crippen LogP contribution in [0, 0.1) is 0 Å². The van der Waals surface area contributed by atoms with Crippen molar-refractivity contribution < 1.29 is 13.2 Å². The second-order valence-corrected chi connectivity index (χ2v) is 4.15. The summed E-state index contributed by atoms with van der Waals surface area (Å²) in [5.41, 5.74) is 6.78. The molecule has 0 aliphatic rings. The summed E-state index contributed by atoms with van der Waals surface area (Å²) in [7, 11) is 0. The molecule has 0 saturated carbocycles. The number of hydrogen-bond acceptors (Lipinski definition) is 2. The molecule has 1 aromatic rings. The molecule has 0 bridgehead atoms. The average molecular weight is 246 g/mol. The van der Waals surface area contributed by atoms with Crippen molar-refractivity contribution in [2.45, 2.75) is 31.6 Å². The van der Waals surface area contributed by atoms with Crippen LogP contribution in [0.1, 0.15) is 24.9 Å². The van der Waals surface area contributed by atoms with Crippen LogP contribution in [0.5, 0.6) is 0 Å². The van der Waals surface area contributed by atoms with Gasteiger partial charge in [0, 0.05) is 18.6 Å². The first-order valence-electron chi connectivity index (χ1n) is 5.49. The summed E-state index contributed by atoms with van der Waals surface area (Å²) < 4.78 is 36.2. The van der Waals surface area contributed by atoms with E-state index in [1.54, 1.807) is 0 Å². The molecule has 2 unspecified atom stereocenters. The molecule has 0 fully saturated rings. The molecular weight excluding hydrogens is 229 g/mol. The minimum absolute atomic E-state index is 0.285. The summed E-state index contributed by atoms with van der Waals surface area (Å²) in [5, 5.41) is 2.79. The zero-order valence-electron chi connectivity index (χ0n) is 9.67. The minimum atomic E-state index is -4.14. The molecule has 0 spiro atoms. The molecule has 0 aromatic heterocycles. The lowest BCUT2D eigenvalue weighted by molar-refractivity contribution is -0.139. The minimum Gasteiger partial charge on any atom is -0.323 e. The van der Waals surface area contributed by atoms with Gasteiger partial charge in [0.15, 0.2) is 0 Å². The first kappa shape index (κ1) is 14.0. The third-order valence-electron chi connectivity index (χ3n) is 2.45. The predicted molar refractivity (Wildman–Crippen MR) is 61.5 cm³/mol. The number of halogens is 3. The smallest absolute Gasteiger partial charge is 0.323 e. The maximum absolute atomic E-state index is 12.1. The standard InChI is InChI=1S/C12H17F3N2/c1-9(7-12(13,14)15)17-8-11(16)10-5-3-2-4-6-10/h2-6,9,11,17H,7-8,16H2,1H3. The fraction of sp³-hybridized carbons (Fsp3) is 0.500. The topological polar surface area (TPSA) is 38.0 Å². The van der Waals surface area contributed by atoms with Crippen LogP contribution >= 0.6 is 0 Å². The fourth-order valence-corrected chi connectivity index (χ4v) is 1.57. The molecule has 0 heterocycles. The van der Waals surface area contributed by atoms with Gasteiger partial charge >= 0.3 is 6.18 Å². The highest BCUT2D eigenvalue weighted by Crippen LogP contribution is 2.21. The van der Waals surface area contributed by atoms with Crippen molar-refractivity contribution in [1.82, 2.24) is 5.32 Å². The highest BCUT2D eigenvalue weighted by atomic mass is 19.4. The molecule has 2 nitrogen and oxygen atoms in total. The number of nitrogens with two attached hydrogens (primary N) is 1. The molecule has 0 saturated heterocycles. The van der Waals surface area contributed by atoms with Crippen LogP contribution in [0.15, 0.2) is 30.3 Å². The molecule has 96 valence electrons. The summed E-state index contributed by atoms with van der Waals surface area (Å²) in [6.07, 6.45) is -4.97. The summed E-state index contributed by atoms with van der Waals surface area (Å²) in [6.45, 7) is 1.84. The van der Waals surface area contributed by atoms with Crippen molar-refractivity contribution in [3.8, 4) is 0 Å². The van der Waals surface area contributed by atoms with Gasteiger partial charge in [0.25, 0.3) is 0 Å². The maximum atomic E-state index is 12.1. The van der Waals surface area contributed by atoms with Gasteiger partial charge in [0.2, 0.25) is 0 Å². The third-order valence-corrected chi connectivity index (χ3v) is 2.45. The Kier molecular flexibility index (Phi) is 4.96. The number of alkyl halides is 3. The van der Waals surface area contributed by atoms with Gasteiger partial charge in [-0.3, -0.25) is 0 Å². The molecule has 0 radical (unpaired) electrons. The zero-order valence-corrected chi connectivity index (χ0v) is 9.67. The molecule has 1 rings (SSSR count). The van der Waals surface area contributed by atoms with Gasteiger partial charge in [0.1, 0.15) is 0 Å². The van der Waals surface area contributed by atoms with Crippen LogP contribution in [-0.2, 0) is 0 Å². The Bertz CT molecular complexity index is 324. The molecule has 3 N–H and O–H groups in total. The highest BCUT2D eigenvalue weighted by Gasteiger charge is 2.29. The van der Waals surface area contributed by atoms with Crippen LogP contribution in [0.3, 0.4) is 0 Å². The SMILES string of the molecule is CC(CC(F)(F)F)NCC(N)c1ccccc1. The first-order valence-corrected chi connectivity index (χ1v) is 5.49. The Hall–Kier alpha value is -1.07. The van der Waals surface area contributed by atoms with Crippen LogP contribution in [0.2, 0.25) is 0 Å². The average Bonchev–Trinajstić information content (AvgIpc) is 2.25. The molecule has 5 heteroatoms. The monoisotopic (exact) mass is 246 g/mol. The zero-order chi connectivity index (χ0) is 12.9. The van der Waals surface area contributed by atoms with E-state index in [9.17, 15) is 13.2 Å². The molecule has 0 amide bonds. The van der Waals surface area contributed by atoms with E-state index < -0.39 is 18.6 Å². The van der Waals surface area contributed by atoms with Gasteiger partial charge in [-0.1, -0.05) is 30.3 Å². The van der Waals surface area contributed by atoms with Crippen molar-refractivity contribution in [3.05, 3.63) is 35.9 Å². The summed E-state index contributed by atoms with van der Waals surface area (Å²) in [5.74, 6) is 0. The van der Waals surface area contributed by atoms with Crippen LogP contribution < -0.4 is 11.1 Å². The van der Waals surface area contributed by atoms with Crippen molar-refractivity contribution in [1.29, 1.82) is 0 Å². The van der Waals surface area contributed by atoms with Crippen LogP contribution in [-0.4, -0.2) is 18.8 Å². The van der Waals surface area contributed by atoms with E-state index in [2.05, 4.69) is 5.32 Å². The lowest BCUT2D eigenvalue weighted by atomic mass is 10.1. The number of nitrogens with one attached hydrogen (secondary N) is 1. The van der Waals surface area contributed by atoms with E-state index in [1.165, 1.54) is 6.92 Å². The first-order chi connectivity index (χ1) is 7.88. The summed E-state index contributed by atoms with van der Waals surface area (Å²) in [4.78, 5) is 0. The third kappa shape index (κ3) is 5.70. The van der Waals surface area contributed by atoms with Crippen LogP contribution in [0.4, 0.5) is 13.2 Å². The number of rotatable bonds is 5. The Morgan fingerprint density at radius 1 is 1.24 bits per heavy atom. The fourth-order valence-electron chi connectivity index (χ4n) is 1.57. The van der Waals surface area contributed by atoms with Gasteiger partial charge in [-0.15, -0.1) is 0 Å². The van der Waals surface area contributed by atoms with Crippen molar-refractivity contribution in [2.24, 2.45) is 5.73 Å². The number of hydrogen-bond donors (Lipinski definition) is 2. The highest BCUT2D eigenvalue weighted by molar-refractivity contribution is 5.18. The largest absolute Gasteiger partial charge is 0.390 e. The quantitative estimate of drug-likeness (QED) is 0.838. The molecule has 0 aliphatic heterocycles. The molecular formula is C12H17F3N2. The summed E-state index contributed by atoms with van der Waals surface area (Å²) in [6, 6.07) is 8.40. The van der Waals surface area contributed by atoms with Gasteiger partial charge in [-0.2, -0.15) is 13.2 Å². The van der Waals surface area contributed by atoms with Gasteiger partial charge in [-0.05, 0) is 12.5 Å². The molecule has 1 aromatic carbocycles. The van der Waals surface area contributed by atoms with Crippen molar-refractivity contribution >= 4 is 0 Å². The Morgan fingerprint density at radius 2 is 1.82 bits per heavy atom. The number of benzene rings is 1. The van der Waals surface area contributed by atoms with Crippen molar-refractivity contribution in [2.75, 3.05) is 6.54 Å². The van der Waals surface area contributed by atoms with Crippen molar-refractivity contribution in [3.63, 3.8) is 0 Å². The van der Waals surface area contributed by atoms with E-state index in [0.29, 0.717) is 6.54 Å². The van der Waals surface area contributed by atoms with E-state index >= 15 is 0 Å². The second-order valence-electron chi connectivity index (χ2n) is 4.15. The molecule has 0 aliphatic carbocycles. The van der Waals surface area contributed by atoms with Gasteiger partial charge in [0.05, 0.1) is 6.42 Å². The van der Waals surface area contributed by atoms with E-state index in [-0.39, 0.29) is 6.04 Å². The lowest BCUT2D eigenvalue weighted by Gasteiger charge is -2.19. The van der Waals surface area contributed by atoms with E-state index in [0.717, 1.165) is 5.56 Å². The van der Waals surface area contributed by atoms with E-state index in [1.807, 2.05) is 30.3 Å². The van der Waals surface area contributed by atoms with Crippen LogP contribution in [0.25, 0.3) is 0 Å². The Morgan fingerprint density at radius 3 is 2.35 bits per heavy atom. The maximum Gasteiger partial charge on any atom is 0.390 e. The van der Waals surface area contributed by atoms with Gasteiger partial charge in [-0.25, -0.2) is 0 Å². The lowest BCUT2D eigenvalue weighted by Crippen LogP contribution is -2.36.